The van der Waals surface area contributed by atoms with Crippen molar-refractivity contribution in [1.29, 1.82) is 0 Å². The Labute approximate surface area is 161 Å². The lowest BCUT2D eigenvalue weighted by Crippen LogP contribution is -2.78. The number of carbonyl (C=O) groups excluding carboxylic acids is 1. The van der Waals surface area contributed by atoms with Gasteiger partial charge in [0.2, 0.25) is 10.0 Å². The highest BCUT2D eigenvalue weighted by atomic mass is 32.2. The lowest BCUT2D eigenvalue weighted by atomic mass is 9.74. The van der Waals surface area contributed by atoms with Crippen molar-refractivity contribution in [2.24, 2.45) is 5.41 Å². The Hall–Kier alpha value is -1.93. The fourth-order valence-corrected chi connectivity index (χ4v) is 5.15. The predicted octanol–water partition coefficient (Wildman–Crippen LogP) is 1.69. The van der Waals surface area contributed by atoms with Crippen LogP contribution >= 0.6 is 0 Å². The second-order valence-electron chi connectivity index (χ2n) is 6.80. The highest BCUT2D eigenvalue weighted by molar-refractivity contribution is 7.89. The number of sulfonamides is 1. The number of alkyl halides is 6. The predicted molar refractivity (Wildman–Crippen MR) is 83.7 cm³/mol. The molecule has 1 aromatic heterocycles. The Morgan fingerprint density at radius 2 is 1.93 bits per heavy atom. The summed E-state index contributed by atoms with van der Waals surface area (Å²) in [5.41, 5.74) is -2.52. The summed E-state index contributed by atoms with van der Waals surface area (Å²) in [6.07, 6.45) is -11.4. The van der Waals surface area contributed by atoms with Gasteiger partial charge in [0.15, 0.2) is 6.23 Å². The first kappa shape index (κ1) is 21.8. The van der Waals surface area contributed by atoms with Crippen molar-refractivity contribution >= 4 is 16.0 Å². The average molecular weight is 447 g/mol. The molecule has 0 aliphatic carbocycles. The average Bonchev–Trinajstić information content (AvgIpc) is 2.54. The van der Waals surface area contributed by atoms with E-state index in [1.54, 1.807) is 0 Å². The smallest absolute Gasteiger partial charge is 0.438 e. The fourth-order valence-electron chi connectivity index (χ4n) is 3.23. The molecule has 2 saturated heterocycles. The van der Waals surface area contributed by atoms with E-state index in [9.17, 15) is 39.6 Å². The van der Waals surface area contributed by atoms with Crippen LogP contribution in [0.2, 0.25) is 0 Å². The van der Waals surface area contributed by atoms with E-state index in [0.717, 1.165) is 0 Å². The SMILES string of the molecule is CCc1cc(C(F)(F)F)ncc1S(=O)(=O)N1CC2(CNC2)C1OC(=O)C(F)(F)F. The first-order chi connectivity index (χ1) is 13.2. The van der Waals surface area contributed by atoms with Crippen LogP contribution in [0.25, 0.3) is 0 Å². The van der Waals surface area contributed by atoms with E-state index < -0.39 is 50.6 Å². The van der Waals surface area contributed by atoms with Crippen LogP contribution in [0, 0.1) is 5.41 Å². The third kappa shape index (κ3) is 3.68. The van der Waals surface area contributed by atoms with Gasteiger partial charge in [0.05, 0.1) is 5.41 Å². The van der Waals surface area contributed by atoms with E-state index >= 15 is 0 Å². The third-order valence-electron chi connectivity index (χ3n) is 4.87. The Kier molecular flexibility index (Phi) is 5.11. The molecule has 1 spiro atoms. The van der Waals surface area contributed by atoms with E-state index in [0.29, 0.717) is 16.6 Å². The molecule has 14 heteroatoms. The van der Waals surface area contributed by atoms with Gasteiger partial charge in [-0.2, -0.15) is 30.6 Å². The number of ether oxygens (including phenoxy) is 1. The summed E-state index contributed by atoms with van der Waals surface area (Å²) in [6.45, 7) is 1.42. The number of hydrogen-bond donors (Lipinski definition) is 1. The molecule has 2 aliphatic rings. The molecule has 2 fully saturated rings. The van der Waals surface area contributed by atoms with Crippen molar-refractivity contribution in [3.8, 4) is 0 Å². The maximum absolute atomic E-state index is 12.9. The number of rotatable bonds is 4. The van der Waals surface area contributed by atoms with Gasteiger partial charge in [-0.25, -0.2) is 13.2 Å². The summed E-state index contributed by atoms with van der Waals surface area (Å²) < 4.78 is 107. The number of esters is 1. The van der Waals surface area contributed by atoms with E-state index in [4.69, 9.17) is 0 Å². The number of halogens is 6. The number of aryl methyl sites for hydroxylation is 1. The molecule has 0 aromatic carbocycles. The van der Waals surface area contributed by atoms with Crippen molar-refractivity contribution in [3.63, 3.8) is 0 Å². The number of carbonyl (C=O) groups is 1. The quantitative estimate of drug-likeness (QED) is 0.558. The lowest BCUT2D eigenvalue weighted by Gasteiger charge is -2.59. The molecular formula is C15H15F6N3O4S. The van der Waals surface area contributed by atoms with Crippen molar-refractivity contribution in [2.45, 2.75) is 36.8 Å². The van der Waals surface area contributed by atoms with Crippen LogP contribution in [-0.2, 0) is 32.2 Å². The van der Waals surface area contributed by atoms with Crippen LogP contribution in [0.1, 0.15) is 18.2 Å². The van der Waals surface area contributed by atoms with Crippen LogP contribution in [-0.4, -0.2) is 55.7 Å². The van der Waals surface area contributed by atoms with Gasteiger partial charge < -0.3 is 10.1 Å². The molecule has 1 atom stereocenters. The Morgan fingerprint density at radius 1 is 1.31 bits per heavy atom. The molecule has 162 valence electrons. The summed E-state index contributed by atoms with van der Waals surface area (Å²) in [5, 5.41) is 2.77. The summed E-state index contributed by atoms with van der Waals surface area (Å²) in [6, 6.07) is 0.573. The zero-order valence-electron chi connectivity index (χ0n) is 14.8. The van der Waals surface area contributed by atoms with Crippen LogP contribution in [0.5, 0.6) is 0 Å². The largest absolute Gasteiger partial charge is 0.490 e. The highest BCUT2D eigenvalue weighted by Gasteiger charge is 2.64. The molecule has 2 aliphatic heterocycles. The normalized spacial score (nSPS) is 22.1. The maximum Gasteiger partial charge on any atom is 0.490 e. The molecule has 7 nitrogen and oxygen atoms in total. The van der Waals surface area contributed by atoms with Gasteiger partial charge in [-0.05, 0) is 18.1 Å². The second-order valence-corrected chi connectivity index (χ2v) is 8.66. The molecule has 3 heterocycles. The van der Waals surface area contributed by atoms with Gasteiger partial charge in [-0.15, -0.1) is 0 Å². The topological polar surface area (TPSA) is 88.6 Å². The van der Waals surface area contributed by atoms with Crippen LogP contribution in [0.3, 0.4) is 0 Å². The molecule has 0 bridgehead atoms. The fraction of sp³-hybridized carbons (Fsp3) is 0.600. The summed E-state index contributed by atoms with van der Waals surface area (Å²) in [7, 11) is -4.56. The van der Waals surface area contributed by atoms with Crippen LogP contribution in [0.4, 0.5) is 26.3 Å². The minimum absolute atomic E-state index is 0.103. The minimum Gasteiger partial charge on any atom is -0.438 e. The summed E-state index contributed by atoms with van der Waals surface area (Å²) in [5.74, 6) is -2.55. The first-order valence-corrected chi connectivity index (χ1v) is 9.73. The van der Waals surface area contributed by atoms with Gasteiger partial charge >= 0.3 is 18.3 Å². The summed E-state index contributed by atoms with van der Waals surface area (Å²) >= 11 is 0. The van der Waals surface area contributed by atoms with Gasteiger partial charge in [0, 0.05) is 25.8 Å². The highest BCUT2D eigenvalue weighted by Crippen LogP contribution is 2.46. The molecule has 29 heavy (non-hydrogen) atoms. The Bertz CT molecular complexity index is 927. The molecule has 1 N–H and O–H groups in total. The molecule has 0 radical (unpaired) electrons. The van der Waals surface area contributed by atoms with Crippen molar-refractivity contribution in [3.05, 3.63) is 23.5 Å². The monoisotopic (exact) mass is 447 g/mol. The standard InChI is InChI=1S/C15H15F6N3O4S/c1-2-8-3-10(14(16,17)18)23-4-9(8)29(26,27)24-7-13(5-22-6-13)11(24)28-12(25)15(19,20)21/h3-4,11,22H,2,5-7H2,1H3. The van der Waals surface area contributed by atoms with Crippen molar-refractivity contribution in [2.75, 3.05) is 19.6 Å². The number of nitrogens with zero attached hydrogens (tertiary/aromatic N) is 2. The lowest BCUT2D eigenvalue weighted by molar-refractivity contribution is -0.243. The van der Waals surface area contributed by atoms with Gasteiger partial charge in [-0.1, -0.05) is 6.92 Å². The molecule has 3 rings (SSSR count). The zero-order valence-corrected chi connectivity index (χ0v) is 15.6. The Balaban J connectivity index is 1.95. The maximum atomic E-state index is 12.9. The first-order valence-electron chi connectivity index (χ1n) is 8.29. The van der Waals surface area contributed by atoms with E-state index in [1.807, 2.05) is 0 Å². The number of nitrogens with one attached hydrogen (secondary N) is 1. The molecule has 0 saturated carbocycles. The van der Waals surface area contributed by atoms with Gasteiger partial charge in [0.25, 0.3) is 0 Å². The molecular weight excluding hydrogens is 432 g/mol. The third-order valence-corrected chi connectivity index (χ3v) is 6.73. The van der Waals surface area contributed by atoms with Crippen LogP contribution < -0.4 is 5.32 Å². The minimum atomic E-state index is -5.33. The number of aromatic nitrogens is 1. The zero-order chi connectivity index (χ0) is 21.8. The van der Waals surface area contributed by atoms with Gasteiger partial charge in [0.1, 0.15) is 10.6 Å². The van der Waals surface area contributed by atoms with Gasteiger partial charge in [-0.3, -0.25) is 4.98 Å². The molecule has 1 aromatic rings. The molecule has 0 amide bonds. The Morgan fingerprint density at radius 3 is 2.38 bits per heavy atom. The van der Waals surface area contributed by atoms with E-state index in [-0.39, 0.29) is 31.6 Å². The van der Waals surface area contributed by atoms with E-state index in [1.165, 1.54) is 6.92 Å². The van der Waals surface area contributed by atoms with Crippen molar-refractivity contribution < 1.29 is 44.3 Å². The summed E-state index contributed by atoms with van der Waals surface area (Å²) in [4.78, 5) is 13.8. The van der Waals surface area contributed by atoms with E-state index in [2.05, 4.69) is 15.0 Å². The van der Waals surface area contributed by atoms with Crippen LogP contribution in [0.15, 0.2) is 17.2 Å². The molecule has 1 unspecified atom stereocenters. The second kappa shape index (κ2) is 6.80. The number of pyridine rings is 1. The van der Waals surface area contributed by atoms with Crippen molar-refractivity contribution in [1.82, 2.24) is 14.6 Å². The number of hydrogen-bond acceptors (Lipinski definition) is 6.